The van der Waals surface area contributed by atoms with Crippen LogP contribution in [0.25, 0.3) is 0 Å². The van der Waals surface area contributed by atoms with Crippen molar-refractivity contribution >= 4 is 17.8 Å². The van der Waals surface area contributed by atoms with Crippen molar-refractivity contribution < 1.29 is 23.9 Å². The zero-order chi connectivity index (χ0) is 21.6. The van der Waals surface area contributed by atoms with Crippen molar-refractivity contribution in [3.63, 3.8) is 0 Å². The monoisotopic (exact) mass is 411 g/mol. The summed E-state index contributed by atoms with van der Waals surface area (Å²) in [5, 5.41) is 0. The molecule has 1 unspecified atom stereocenters. The molecule has 0 bridgehead atoms. The molecule has 2 aliphatic carbocycles. The number of esters is 2. The van der Waals surface area contributed by atoms with Crippen LogP contribution in [0.1, 0.15) is 58.3 Å². The third kappa shape index (κ3) is 6.40. The Morgan fingerprint density at radius 2 is 1.41 bits per heavy atom. The summed E-state index contributed by atoms with van der Waals surface area (Å²) in [5.41, 5.74) is 11.6. The van der Waals surface area contributed by atoms with E-state index in [1.54, 1.807) is 0 Å². The van der Waals surface area contributed by atoms with E-state index in [0.717, 1.165) is 25.7 Å². The highest BCUT2D eigenvalue weighted by Crippen LogP contribution is 2.38. The highest BCUT2D eigenvalue weighted by Gasteiger charge is 2.38. The van der Waals surface area contributed by atoms with E-state index in [1.165, 1.54) is 19.0 Å². The molecule has 2 fully saturated rings. The molecule has 2 rings (SSSR count). The van der Waals surface area contributed by atoms with Gasteiger partial charge in [-0.15, -0.1) is 0 Å². The maximum atomic E-state index is 12.6. The number of carbonyl (C=O) groups is 3. The van der Waals surface area contributed by atoms with E-state index in [0.29, 0.717) is 44.7 Å². The topological polar surface area (TPSA) is 125 Å². The molecule has 0 aliphatic heterocycles. The van der Waals surface area contributed by atoms with Crippen LogP contribution in [0.3, 0.4) is 0 Å². The minimum atomic E-state index is -1.53. The summed E-state index contributed by atoms with van der Waals surface area (Å²) in [6.07, 6.45) is 4.54. The van der Waals surface area contributed by atoms with Gasteiger partial charge >= 0.3 is 24.1 Å². The molecule has 29 heavy (non-hydrogen) atoms. The van der Waals surface area contributed by atoms with Gasteiger partial charge < -0.3 is 25.8 Å². The number of hydrogen-bond donors (Lipinski definition) is 2. The summed E-state index contributed by atoms with van der Waals surface area (Å²) < 4.78 is 10.8. The van der Waals surface area contributed by atoms with E-state index in [2.05, 4.69) is 6.92 Å². The first-order valence-corrected chi connectivity index (χ1v) is 10.7. The Balaban J connectivity index is 1.95. The van der Waals surface area contributed by atoms with E-state index in [1.807, 2.05) is 0 Å². The average molecular weight is 412 g/mol. The first kappa shape index (κ1) is 23.6. The first-order chi connectivity index (χ1) is 13.7. The van der Waals surface area contributed by atoms with Crippen molar-refractivity contribution in [3.8, 4) is 0 Å². The zero-order valence-electron chi connectivity index (χ0n) is 18.0. The lowest BCUT2D eigenvalue weighted by atomic mass is 9.72. The second-order valence-corrected chi connectivity index (χ2v) is 9.18. The van der Waals surface area contributed by atoms with Gasteiger partial charge in [-0.2, -0.15) is 0 Å². The highest BCUT2D eigenvalue weighted by molar-refractivity contribution is 5.85. The smallest absolute Gasteiger partial charge is 0.326 e. The lowest BCUT2D eigenvalue weighted by molar-refractivity contribution is -0.202. The predicted octanol–water partition coefficient (Wildman–Crippen LogP) is 1.41. The SMILES string of the molecule is CN(C)C(=O)C(OC(=O)C1CCC(CN)CC1)OC(=O)C1CCC(C)(CN)CC1. The minimum absolute atomic E-state index is 0.0461. The van der Waals surface area contributed by atoms with Gasteiger partial charge in [-0.05, 0) is 75.8 Å². The fourth-order valence-corrected chi connectivity index (χ4v) is 4.13. The quantitative estimate of drug-likeness (QED) is 0.479. The molecule has 0 aromatic heterocycles. The molecule has 1 amide bonds. The summed E-state index contributed by atoms with van der Waals surface area (Å²) >= 11 is 0. The fraction of sp³-hybridized carbons (Fsp3) is 0.857. The summed E-state index contributed by atoms with van der Waals surface area (Å²) in [4.78, 5) is 39.0. The standard InChI is InChI=1S/C21H37N3O5/c1-21(13-23)10-8-16(9-11-21)19(27)29-20(17(25)24(2)3)28-18(26)15-6-4-14(12-22)5-7-15/h14-16,20H,4-13,22-23H2,1-3H3. The lowest BCUT2D eigenvalue weighted by Gasteiger charge is -2.35. The minimum Gasteiger partial charge on any atom is -0.415 e. The maximum Gasteiger partial charge on any atom is 0.326 e. The van der Waals surface area contributed by atoms with E-state index in [9.17, 15) is 14.4 Å². The number of hydrogen-bond acceptors (Lipinski definition) is 7. The predicted molar refractivity (Wildman–Crippen MR) is 108 cm³/mol. The normalized spacial score (nSPS) is 30.9. The second-order valence-electron chi connectivity index (χ2n) is 9.18. The molecule has 2 saturated carbocycles. The summed E-state index contributed by atoms with van der Waals surface area (Å²) in [6.45, 7) is 3.32. The van der Waals surface area contributed by atoms with Crippen LogP contribution in [0, 0.1) is 23.2 Å². The maximum absolute atomic E-state index is 12.6. The van der Waals surface area contributed by atoms with Gasteiger partial charge in [-0.1, -0.05) is 6.92 Å². The van der Waals surface area contributed by atoms with E-state index in [-0.39, 0.29) is 17.3 Å². The average Bonchev–Trinajstić information content (AvgIpc) is 2.73. The van der Waals surface area contributed by atoms with Crippen LogP contribution in [0.15, 0.2) is 0 Å². The van der Waals surface area contributed by atoms with Gasteiger partial charge in [0.05, 0.1) is 11.8 Å². The molecular formula is C21H37N3O5. The molecule has 8 heteroatoms. The van der Waals surface area contributed by atoms with Crippen LogP contribution in [-0.4, -0.2) is 56.2 Å². The van der Waals surface area contributed by atoms with Crippen LogP contribution in [-0.2, 0) is 23.9 Å². The van der Waals surface area contributed by atoms with Gasteiger partial charge in [-0.25, -0.2) is 0 Å². The number of likely N-dealkylation sites (N-methyl/N-ethyl adjacent to an activating group) is 1. The third-order valence-corrected chi connectivity index (χ3v) is 6.62. The molecule has 1 atom stereocenters. The third-order valence-electron chi connectivity index (χ3n) is 6.62. The Morgan fingerprint density at radius 1 is 0.931 bits per heavy atom. The van der Waals surface area contributed by atoms with Gasteiger partial charge in [0.25, 0.3) is 0 Å². The number of amides is 1. The Kier molecular flexibility index (Phi) is 8.46. The Bertz CT molecular complexity index is 579. The zero-order valence-corrected chi connectivity index (χ0v) is 18.0. The van der Waals surface area contributed by atoms with Crippen molar-refractivity contribution in [2.24, 2.45) is 34.6 Å². The molecule has 0 radical (unpaired) electrons. The molecule has 0 aromatic rings. The van der Waals surface area contributed by atoms with Gasteiger partial charge in [0, 0.05) is 14.1 Å². The molecule has 2 aliphatic rings. The molecule has 166 valence electrons. The summed E-state index contributed by atoms with van der Waals surface area (Å²) in [7, 11) is 3.08. The lowest BCUT2D eigenvalue weighted by Crippen LogP contribution is -2.43. The molecule has 0 aromatic carbocycles. The Morgan fingerprint density at radius 3 is 1.83 bits per heavy atom. The molecule has 0 spiro atoms. The van der Waals surface area contributed by atoms with Crippen molar-refractivity contribution in [2.45, 2.75) is 64.6 Å². The molecule has 8 nitrogen and oxygen atoms in total. The van der Waals surface area contributed by atoms with E-state index < -0.39 is 24.1 Å². The van der Waals surface area contributed by atoms with Crippen molar-refractivity contribution in [2.75, 3.05) is 27.2 Å². The van der Waals surface area contributed by atoms with Gasteiger partial charge in [0.2, 0.25) is 0 Å². The van der Waals surface area contributed by atoms with Crippen molar-refractivity contribution in [3.05, 3.63) is 0 Å². The van der Waals surface area contributed by atoms with Crippen LogP contribution < -0.4 is 11.5 Å². The highest BCUT2D eigenvalue weighted by atomic mass is 16.7. The molecule has 0 saturated heterocycles. The Labute approximate surface area is 173 Å². The number of nitrogens with zero attached hydrogens (tertiary/aromatic N) is 1. The van der Waals surface area contributed by atoms with Gasteiger partial charge in [0.1, 0.15) is 0 Å². The molecule has 0 heterocycles. The van der Waals surface area contributed by atoms with Crippen molar-refractivity contribution in [1.82, 2.24) is 4.90 Å². The van der Waals surface area contributed by atoms with Crippen LogP contribution >= 0.6 is 0 Å². The number of ether oxygens (including phenoxy) is 2. The van der Waals surface area contributed by atoms with Crippen LogP contribution in [0.5, 0.6) is 0 Å². The summed E-state index contributed by atoms with van der Waals surface area (Å²) in [6, 6.07) is 0. The van der Waals surface area contributed by atoms with E-state index >= 15 is 0 Å². The van der Waals surface area contributed by atoms with Crippen LogP contribution in [0.4, 0.5) is 0 Å². The number of carbonyl (C=O) groups excluding carboxylic acids is 3. The molecule has 4 N–H and O–H groups in total. The largest absolute Gasteiger partial charge is 0.415 e. The summed E-state index contributed by atoms with van der Waals surface area (Å²) in [5.74, 6) is -1.66. The fourth-order valence-electron chi connectivity index (χ4n) is 4.13. The van der Waals surface area contributed by atoms with Crippen LogP contribution in [0.2, 0.25) is 0 Å². The van der Waals surface area contributed by atoms with Crippen molar-refractivity contribution in [1.29, 1.82) is 0 Å². The van der Waals surface area contributed by atoms with Gasteiger partial charge in [-0.3, -0.25) is 14.4 Å². The number of rotatable bonds is 7. The first-order valence-electron chi connectivity index (χ1n) is 10.7. The Hall–Kier alpha value is -1.67. The number of nitrogens with two attached hydrogens (primary N) is 2. The van der Waals surface area contributed by atoms with E-state index in [4.69, 9.17) is 20.9 Å². The molecular weight excluding hydrogens is 374 g/mol. The second kappa shape index (κ2) is 10.4. The van der Waals surface area contributed by atoms with Gasteiger partial charge in [0.15, 0.2) is 0 Å².